The molecule has 0 saturated heterocycles. The first kappa shape index (κ1) is 16.7. The van der Waals surface area contributed by atoms with Crippen molar-refractivity contribution in [2.45, 2.75) is 6.42 Å². The Hall–Kier alpha value is -2.71. The molecule has 130 valence electrons. The van der Waals surface area contributed by atoms with E-state index in [-0.39, 0.29) is 18.0 Å². The predicted molar refractivity (Wildman–Crippen MR) is 107 cm³/mol. The number of hydrogen-bond donors (Lipinski definition) is 3. The molecule has 0 aliphatic rings. The van der Waals surface area contributed by atoms with E-state index in [2.05, 4.69) is 36.2 Å². The van der Waals surface area contributed by atoms with Crippen molar-refractivity contribution in [2.24, 2.45) is 0 Å². The van der Waals surface area contributed by atoms with Crippen molar-refractivity contribution in [3.05, 3.63) is 68.5 Å². The molecule has 2 heterocycles. The molecule has 2 aromatic heterocycles. The second-order valence-electron chi connectivity index (χ2n) is 5.72. The maximum atomic E-state index is 12.3. The van der Waals surface area contributed by atoms with Gasteiger partial charge < -0.3 is 15.3 Å². The molecule has 0 bridgehead atoms. The van der Waals surface area contributed by atoms with Crippen LogP contribution < -0.4 is 11.0 Å². The quantitative estimate of drug-likeness (QED) is 0.459. The number of halogens is 1. The van der Waals surface area contributed by atoms with E-state index in [4.69, 9.17) is 0 Å². The van der Waals surface area contributed by atoms with Gasteiger partial charge in [0.1, 0.15) is 5.01 Å². The summed E-state index contributed by atoms with van der Waals surface area (Å²) < 4.78 is 0.989. The number of hydrogen-bond acceptors (Lipinski definition) is 4. The van der Waals surface area contributed by atoms with E-state index in [1.807, 2.05) is 29.6 Å². The van der Waals surface area contributed by atoms with Gasteiger partial charge in [-0.05, 0) is 30.3 Å². The summed E-state index contributed by atoms with van der Waals surface area (Å²) in [6.07, 6.45) is 0.187. The Morgan fingerprint density at radius 2 is 2.00 bits per heavy atom. The molecule has 4 rings (SSSR count). The molecule has 0 saturated carbocycles. The summed E-state index contributed by atoms with van der Waals surface area (Å²) >= 11 is 4.96. The van der Waals surface area contributed by atoms with Crippen LogP contribution in [0.15, 0.2) is 57.1 Å². The Bertz CT molecular complexity index is 1160. The highest BCUT2D eigenvalue weighted by atomic mass is 79.9. The number of fused-ring (bicyclic) bond motifs is 1. The average molecular weight is 429 g/mol. The SMILES string of the molecule is O=C(Cc1csc(-c2cccc(Br)c2)n1)Nc1ccc2[nH]c(=O)[nH]c2c1. The highest BCUT2D eigenvalue weighted by molar-refractivity contribution is 9.10. The lowest BCUT2D eigenvalue weighted by atomic mass is 10.2. The Labute approximate surface area is 160 Å². The van der Waals surface area contributed by atoms with Crippen molar-refractivity contribution in [1.82, 2.24) is 15.0 Å². The summed E-state index contributed by atoms with van der Waals surface area (Å²) in [7, 11) is 0. The molecule has 0 radical (unpaired) electrons. The van der Waals surface area contributed by atoms with E-state index in [9.17, 15) is 9.59 Å². The third kappa shape index (κ3) is 3.61. The smallest absolute Gasteiger partial charge is 0.323 e. The molecule has 26 heavy (non-hydrogen) atoms. The summed E-state index contributed by atoms with van der Waals surface area (Å²) in [5.74, 6) is -0.159. The number of H-pyrrole nitrogens is 2. The maximum absolute atomic E-state index is 12.3. The lowest BCUT2D eigenvalue weighted by molar-refractivity contribution is -0.115. The first-order valence-corrected chi connectivity index (χ1v) is 9.46. The lowest BCUT2D eigenvalue weighted by Gasteiger charge is -2.04. The molecule has 0 atom stereocenters. The van der Waals surface area contributed by atoms with Crippen LogP contribution in [0, 0.1) is 0 Å². The molecule has 0 spiro atoms. The second-order valence-corrected chi connectivity index (χ2v) is 7.49. The van der Waals surface area contributed by atoms with Gasteiger partial charge in [0.05, 0.1) is 23.1 Å². The Morgan fingerprint density at radius 1 is 1.15 bits per heavy atom. The van der Waals surface area contributed by atoms with Crippen LogP contribution >= 0.6 is 27.3 Å². The lowest BCUT2D eigenvalue weighted by Crippen LogP contribution is -2.14. The number of aromatic nitrogens is 3. The summed E-state index contributed by atoms with van der Waals surface area (Å²) in [5.41, 5.74) is 3.44. The molecule has 4 aromatic rings. The topological polar surface area (TPSA) is 90.6 Å². The molecule has 0 unspecified atom stereocenters. The van der Waals surface area contributed by atoms with Gasteiger partial charge in [0.2, 0.25) is 5.91 Å². The van der Waals surface area contributed by atoms with Crippen molar-refractivity contribution in [3.8, 4) is 10.6 Å². The monoisotopic (exact) mass is 428 g/mol. The fraction of sp³-hybridized carbons (Fsp3) is 0.0556. The third-order valence-corrected chi connectivity index (χ3v) is 5.20. The summed E-state index contributed by atoms with van der Waals surface area (Å²) in [6, 6.07) is 13.1. The van der Waals surface area contributed by atoms with Gasteiger partial charge in [-0.25, -0.2) is 9.78 Å². The van der Waals surface area contributed by atoms with Gasteiger partial charge >= 0.3 is 5.69 Å². The van der Waals surface area contributed by atoms with Crippen LogP contribution in [0.25, 0.3) is 21.6 Å². The van der Waals surface area contributed by atoms with E-state index in [0.717, 1.165) is 20.7 Å². The van der Waals surface area contributed by atoms with Crippen LogP contribution in [0.2, 0.25) is 0 Å². The Morgan fingerprint density at radius 3 is 2.85 bits per heavy atom. The first-order valence-electron chi connectivity index (χ1n) is 7.79. The van der Waals surface area contributed by atoms with Crippen molar-refractivity contribution >= 4 is 49.9 Å². The first-order chi connectivity index (χ1) is 12.6. The van der Waals surface area contributed by atoms with E-state index >= 15 is 0 Å². The number of amides is 1. The van der Waals surface area contributed by atoms with Gasteiger partial charge in [-0.1, -0.05) is 28.1 Å². The Balaban J connectivity index is 1.46. The van der Waals surface area contributed by atoms with Crippen molar-refractivity contribution in [3.63, 3.8) is 0 Å². The number of anilines is 1. The maximum Gasteiger partial charge on any atom is 0.323 e. The standard InChI is InChI=1S/C18H13BrN4O2S/c19-11-3-1-2-10(6-11)17-21-13(9-26-17)8-16(24)20-12-4-5-14-15(7-12)23-18(25)22-14/h1-7,9H,8H2,(H,20,24)(H2,22,23,25). The van der Waals surface area contributed by atoms with Gasteiger partial charge in [-0.3, -0.25) is 4.79 Å². The van der Waals surface area contributed by atoms with Gasteiger partial charge in [0.15, 0.2) is 0 Å². The van der Waals surface area contributed by atoms with Crippen LogP contribution in [0.5, 0.6) is 0 Å². The number of rotatable bonds is 4. The van der Waals surface area contributed by atoms with Gasteiger partial charge in [-0.2, -0.15) is 0 Å². The van der Waals surface area contributed by atoms with Crippen LogP contribution in [0.1, 0.15) is 5.69 Å². The van der Waals surface area contributed by atoms with Crippen molar-refractivity contribution in [1.29, 1.82) is 0 Å². The molecular formula is C18H13BrN4O2S. The van der Waals surface area contributed by atoms with E-state index in [1.54, 1.807) is 18.2 Å². The normalized spacial score (nSPS) is 11.0. The summed E-state index contributed by atoms with van der Waals surface area (Å²) in [4.78, 5) is 33.5. The Kier molecular flexibility index (Phi) is 4.44. The molecule has 2 aromatic carbocycles. The number of benzene rings is 2. The summed E-state index contributed by atoms with van der Waals surface area (Å²) in [5, 5.41) is 5.60. The van der Waals surface area contributed by atoms with E-state index in [1.165, 1.54) is 11.3 Å². The molecule has 6 nitrogen and oxygen atoms in total. The fourth-order valence-corrected chi connectivity index (χ4v) is 3.84. The van der Waals surface area contributed by atoms with Crippen LogP contribution in [0.3, 0.4) is 0 Å². The van der Waals surface area contributed by atoms with E-state index in [0.29, 0.717) is 16.7 Å². The van der Waals surface area contributed by atoms with Crippen molar-refractivity contribution in [2.75, 3.05) is 5.32 Å². The molecule has 1 amide bonds. The molecule has 3 N–H and O–H groups in total. The predicted octanol–water partition coefficient (Wildman–Crippen LogP) is 3.92. The average Bonchev–Trinajstić information content (AvgIpc) is 3.20. The zero-order chi connectivity index (χ0) is 18.1. The third-order valence-electron chi connectivity index (χ3n) is 3.76. The zero-order valence-corrected chi connectivity index (χ0v) is 15.8. The zero-order valence-electron chi connectivity index (χ0n) is 13.4. The minimum absolute atomic E-state index is 0.159. The van der Waals surface area contributed by atoms with Crippen LogP contribution in [-0.2, 0) is 11.2 Å². The number of nitrogens with one attached hydrogen (secondary N) is 3. The van der Waals surface area contributed by atoms with Crippen molar-refractivity contribution < 1.29 is 4.79 Å². The van der Waals surface area contributed by atoms with Gasteiger partial charge in [0.25, 0.3) is 0 Å². The molecule has 0 fully saturated rings. The number of thiazole rings is 1. The fourth-order valence-electron chi connectivity index (χ4n) is 2.62. The molecular weight excluding hydrogens is 416 g/mol. The number of carbonyl (C=O) groups excluding carboxylic acids is 1. The molecule has 0 aliphatic heterocycles. The number of imidazole rings is 1. The number of carbonyl (C=O) groups is 1. The highest BCUT2D eigenvalue weighted by Gasteiger charge is 2.10. The molecule has 8 heteroatoms. The number of nitrogens with zero attached hydrogens (tertiary/aromatic N) is 1. The minimum Gasteiger partial charge on any atom is -0.326 e. The molecule has 0 aliphatic carbocycles. The summed E-state index contributed by atoms with van der Waals surface area (Å²) in [6.45, 7) is 0. The van der Waals surface area contributed by atoms with Gasteiger partial charge in [-0.15, -0.1) is 11.3 Å². The van der Waals surface area contributed by atoms with Crippen LogP contribution in [0.4, 0.5) is 5.69 Å². The minimum atomic E-state index is -0.272. The highest BCUT2D eigenvalue weighted by Crippen LogP contribution is 2.26. The largest absolute Gasteiger partial charge is 0.326 e. The van der Waals surface area contributed by atoms with Gasteiger partial charge in [0, 0.05) is 21.1 Å². The van der Waals surface area contributed by atoms with E-state index < -0.39 is 0 Å². The number of aromatic amines is 2. The van der Waals surface area contributed by atoms with Crippen LogP contribution in [-0.4, -0.2) is 20.9 Å². The second kappa shape index (κ2) is 6.89.